The lowest BCUT2D eigenvalue weighted by atomic mass is 9.86. The van der Waals surface area contributed by atoms with Gasteiger partial charge in [-0.1, -0.05) is 20.8 Å². The zero-order valence-corrected chi connectivity index (χ0v) is 16.1. The molecule has 0 spiro atoms. The first-order valence-corrected chi connectivity index (χ1v) is 8.79. The number of aryl methyl sites for hydroxylation is 1. The summed E-state index contributed by atoms with van der Waals surface area (Å²) >= 11 is 0. The van der Waals surface area contributed by atoms with E-state index in [0.29, 0.717) is 18.1 Å². The first-order valence-electron chi connectivity index (χ1n) is 8.79. The van der Waals surface area contributed by atoms with E-state index in [0.717, 1.165) is 12.1 Å². The van der Waals surface area contributed by atoms with Crippen LogP contribution in [0.5, 0.6) is 0 Å². The van der Waals surface area contributed by atoms with E-state index in [-0.39, 0.29) is 28.4 Å². The fourth-order valence-electron chi connectivity index (χ4n) is 2.64. The van der Waals surface area contributed by atoms with Crippen molar-refractivity contribution in [2.24, 2.45) is 12.5 Å². The smallest absolute Gasteiger partial charge is 0.272 e. The van der Waals surface area contributed by atoms with E-state index in [1.807, 2.05) is 20.8 Å². The Morgan fingerprint density at radius 3 is 2.50 bits per heavy atom. The summed E-state index contributed by atoms with van der Waals surface area (Å²) in [6, 6.07) is 3.41. The number of hydrogen-bond acceptors (Lipinski definition) is 5. The lowest BCUT2D eigenvalue weighted by molar-refractivity contribution is 0.0901. The standard InChI is InChI=1S/C19H22F2N6O/c1-19(2,3)16(25-18(28)13-5-6-27(4)26-13)9-23-17-10-22-14-7-11(20)12(21)8-15(14)24-17/h5-8,10,16H,9H2,1-4H3,(H,23,24)(H,25,28). The van der Waals surface area contributed by atoms with Crippen LogP contribution in [0.25, 0.3) is 11.0 Å². The van der Waals surface area contributed by atoms with Crippen molar-refractivity contribution in [3.8, 4) is 0 Å². The topological polar surface area (TPSA) is 84.7 Å². The van der Waals surface area contributed by atoms with Gasteiger partial charge in [-0.3, -0.25) is 14.5 Å². The van der Waals surface area contributed by atoms with E-state index in [9.17, 15) is 13.6 Å². The van der Waals surface area contributed by atoms with Crippen molar-refractivity contribution in [2.75, 3.05) is 11.9 Å². The van der Waals surface area contributed by atoms with Crippen LogP contribution in [0.2, 0.25) is 0 Å². The molecular weight excluding hydrogens is 366 g/mol. The Balaban J connectivity index is 1.74. The van der Waals surface area contributed by atoms with Gasteiger partial charge in [0.05, 0.1) is 23.3 Å². The lowest BCUT2D eigenvalue weighted by Crippen LogP contribution is -2.48. The van der Waals surface area contributed by atoms with E-state index < -0.39 is 11.6 Å². The molecule has 9 heteroatoms. The molecule has 0 aliphatic carbocycles. The van der Waals surface area contributed by atoms with Crippen LogP contribution in [0, 0.1) is 17.0 Å². The highest BCUT2D eigenvalue weighted by molar-refractivity contribution is 5.92. The number of anilines is 1. The van der Waals surface area contributed by atoms with Gasteiger partial charge in [-0.05, 0) is 11.5 Å². The molecule has 1 unspecified atom stereocenters. The highest BCUT2D eigenvalue weighted by atomic mass is 19.2. The minimum absolute atomic E-state index is 0.244. The molecule has 0 aliphatic heterocycles. The van der Waals surface area contributed by atoms with Crippen molar-refractivity contribution >= 4 is 22.8 Å². The third-order valence-corrected chi connectivity index (χ3v) is 4.37. The number of hydrogen-bond donors (Lipinski definition) is 2. The van der Waals surface area contributed by atoms with Gasteiger partial charge >= 0.3 is 0 Å². The van der Waals surface area contributed by atoms with Gasteiger partial charge in [-0.15, -0.1) is 0 Å². The molecule has 28 heavy (non-hydrogen) atoms. The molecule has 3 aromatic rings. The fourth-order valence-corrected chi connectivity index (χ4v) is 2.64. The third-order valence-electron chi connectivity index (χ3n) is 4.37. The maximum absolute atomic E-state index is 13.4. The van der Waals surface area contributed by atoms with Gasteiger partial charge in [0, 0.05) is 31.9 Å². The number of rotatable bonds is 5. The maximum Gasteiger partial charge on any atom is 0.272 e. The second-order valence-corrected chi connectivity index (χ2v) is 7.66. The van der Waals surface area contributed by atoms with Gasteiger partial charge in [0.25, 0.3) is 5.91 Å². The number of carbonyl (C=O) groups excluding carboxylic acids is 1. The largest absolute Gasteiger partial charge is 0.367 e. The quantitative estimate of drug-likeness (QED) is 0.702. The average Bonchev–Trinajstić information content (AvgIpc) is 3.05. The second-order valence-electron chi connectivity index (χ2n) is 7.66. The minimum Gasteiger partial charge on any atom is -0.367 e. The van der Waals surface area contributed by atoms with Crippen LogP contribution in [0.3, 0.4) is 0 Å². The normalized spacial score (nSPS) is 12.8. The molecule has 0 fully saturated rings. The average molecular weight is 388 g/mol. The van der Waals surface area contributed by atoms with Crippen molar-refractivity contribution in [1.82, 2.24) is 25.1 Å². The van der Waals surface area contributed by atoms with E-state index in [4.69, 9.17) is 0 Å². The molecule has 148 valence electrons. The maximum atomic E-state index is 13.4. The first-order chi connectivity index (χ1) is 13.1. The van der Waals surface area contributed by atoms with E-state index >= 15 is 0 Å². The molecule has 0 aliphatic rings. The highest BCUT2D eigenvalue weighted by Gasteiger charge is 2.27. The van der Waals surface area contributed by atoms with Crippen LogP contribution in [0.4, 0.5) is 14.6 Å². The zero-order chi connectivity index (χ0) is 20.5. The molecule has 1 aromatic carbocycles. The predicted molar refractivity (Wildman–Crippen MR) is 102 cm³/mol. The van der Waals surface area contributed by atoms with Gasteiger partial charge in [0.1, 0.15) is 11.5 Å². The Hall–Kier alpha value is -3.10. The molecule has 0 radical (unpaired) electrons. The minimum atomic E-state index is -0.978. The predicted octanol–water partition coefficient (Wildman–Crippen LogP) is 2.90. The number of nitrogens with one attached hydrogen (secondary N) is 2. The number of amides is 1. The van der Waals surface area contributed by atoms with Gasteiger partial charge in [0.2, 0.25) is 0 Å². The van der Waals surface area contributed by atoms with Gasteiger partial charge in [0.15, 0.2) is 11.6 Å². The Morgan fingerprint density at radius 1 is 1.21 bits per heavy atom. The SMILES string of the molecule is Cn1ccc(C(=O)NC(CNc2cnc3cc(F)c(F)cc3n2)C(C)(C)C)n1. The summed E-state index contributed by atoms with van der Waals surface area (Å²) in [6.07, 6.45) is 3.14. The van der Waals surface area contributed by atoms with Crippen LogP contribution < -0.4 is 10.6 Å². The van der Waals surface area contributed by atoms with Crippen LogP contribution in [-0.4, -0.2) is 38.2 Å². The van der Waals surface area contributed by atoms with Crippen molar-refractivity contribution in [3.05, 3.63) is 47.9 Å². The molecule has 3 rings (SSSR count). The van der Waals surface area contributed by atoms with Crippen molar-refractivity contribution in [3.63, 3.8) is 0 Å². The summed E-state index contributed by atoms with van der Waals surface area (Å²) in [4.78, 5) is 20.8. The van der Waals surface area contributed by atoms with Crippen molar-refractivity contribution in [1.29, 1.82) is 0 Å². The summed E-state index contributed by atoms with van der Waals surface area (Å²) in [7, 11) is 1.74. The molecule has 7 nitrogen and oxygen atoms in total. The highest BCUT2D eigenvalue weighted by Crippen LogP contribution is 2.21. The van der Waals surface area contributed by atoms with E-state index in [2.05, 4.69) is 25.7 Å². The molecular formula is C19H22F2N6O. The third kappa shape index (κ3) is 4.41. The van der Waals surface area contributed by atoms with E-state index in [1.165, 1.54) is 6.20 Å². The Labute approximate surface area is 161 Å². The number of halogens is 2. The summed E-state index contributed by atoms with van der Waals surface area (Å²) in [5.41, 5.74) is 0.588. The van der Waals surface area contributed by atoms with Gasteiger partial charge in [-0.2, -0.15) is 5.10 Å². The number of fused-ring (bicyclic) bond motifs is 1. The second kappa shape index (κ2) is 7.49. The molecule has 2 aromatic heterocycles. The number of benzene rings is 1. The monoisotopic (exact) mass is 388 g/mol. The van der Waals surface area contributed by atoms with Crippen molar-refractivity contribution in [2.45, 2.75) is 26.8 Å². The molecule has 0 saturated heterocycles. The van der Waals surface area contributed by atoms with Crippen LogP contribution in [-0.2, 0) is 7.05 Å². The van der Waals surface area contributed by atoms with Crippen LogP contribution in [0.15, 0.2) is 30.6 Å². The van der Waals surface area contributed by atoms with Crippen LogP contribution in [0.1, 0.15) is 31.3 Å². The summed E-state index contributed by atoms with van der Waals surface area (Å²) < 4.78 is 28.3. The zero-order valence-electron chi connectivity index (χ0n) is 16.1. The Bertz CT molecular complexity index is 1010. The molecule has 0 saturated carbocycles. The fraction of sp³-hybridized carbons (Fsp3) is 0.368. The Kier molecular flexibility index (Phi) is 5.26. The molecule has 2 N–H and O–H groups in total. The summed E-state index contributed by atoms with van der Waals surface area (Å²) in [5.74, 6) is -1.81. The van der Waals surface area contributed by atoms with E-state index in [1.54, 1.807) is 24.0 Å². The summed E-state index contributed by atoms with van der Waals surface area (Å²) in [6.45, 7) is 6.37. The lowest BCUT2D eigenvalue weighted by Gasteiger charge is -2.31. The molecule has 1 amide bonds. The Morgan fingerprint density at radius 2 is 1.89 bits per heavy atom. The number of carbonyl (C=O) groups is 1. The molecule has 2 heterocycles. The molecule has 0 bridgehead atoms. The van der Waals surface area contributed by atoms with Gasteiger partial charge < -0.3 is 10.6 Å². The first kappa shape index (κ1) is 19.7. The molecule has 1 atom stereocenters. The van der Waals surface area contributed by atoms with Crippen LogP contribution >= 0.6 is 0 Å². The number of aromatic nitrogens is 4. The van der Waals surface area contributed by atoms with Gasteiger partial charge in [-0.25, -0.2) is 13.8 Å². The van der Waals surface area contributed by atoms with Crippen molar-refractivity contribution < 1.29 is 13.6 Å². The number of nitrogens with zero attached hydrogens (tertiary/aromatic N) is 4. The summed E-state index contributed by atoms with van der Waals surface area (Å²) in [5, 5.41) is 10.2.